The summed E-state index contributed by atoms with van der Waals surface area (Å²) in [5.74, 6) is 1.05. The van der Waals surface area contributed by atoms with E-state index < -0.39 is 0 Å². The van der Waals surface area contributed by atoms with Gasteiger partial charge in [-0.25, -0.2) is 4.99 Å². The Balaban J connectivity index is 2.10. The van der Waals surface area contributed by atoms with Crippen molar-refractivity contribution in [3.8, 4) is 5.75 Å². The molecule has 2 rings (SSSR count). The van der Waals surface area contributed by atoms with Crippen molar-refractivity contribution in [2.45, 2.75) is 6.42 Å². The van der Waals surface area contributed by atoms with Gasteiger partial charge in [0.25, 0.3) is 0 Å². The normalized spacial score (nSPS) is 14.9. The zero-order valence-electron chi connectivity index (χ0n) is 8.01. The molecule has 1 aromatic carbocycles. The van der Waals surface area contributed by atoms with Gasteiger partial charge < -0.3 is 10.5 Å². The number of carbonyl (C=O) groups excluding carboxylic acids is 1. The summed E-state index contributed by atoms with van der Waals surface area (Å²) in [7, 11) is 0. The van der Waals surface area contributed by atoms with Crippen LogP contribution in [-0.2, 0) is 4.79 Å². The van der Waals surface area contributed by atoms with Crippen molar-refractivity contribution < 1.29 is 9.53 Å². The summed E-state index contributed by atoms with van der Waals surface area (Å²) in [5.41, 5.74) is 6.23. The first-order valence-corrected chi connectivity index (χ1v) is 4.54. The zero-order valence-corrected chi connectivity index (χ0v) is 8.01. The maximum atomic E-state index is 10.8. The summed E-state index contributed by atoms with van der Waals surface area (Å²) in [6, 6.07) is 7.09. The molecular formula is C11H10N2O2. The maximum Gasteiger partial charge on any atom is 0.249 e. The van der Waals surface area contributed by atoms with Gasteiger partial charge in [0.1, 0.15) is 11.5 Å². The van der Waals surface area contributed by atoms with Crippen molar-refractivity contribution in [1.29, 1.82) is 0 Å². The van der Waals surface area contributed by atoms with Crippen LogP contribution in [0.2, 0.25) is 0 Å². The van der Waals surface area contributed by atoms with Gasteiger partial charge in [0.2, 0.25) is 5.91 Å². The topological polar surface area (TPSA) is 64.7 Å². The number of hydrogen-bond acceptors (Lipinski definition) is 3. The molecule has 2 N–H and O–H groups in total. The van der Waals surface area contributed by atoms with Crippen LogP contribution < -0.4 is 10.5 Å². The van der Waals surface area contributed by atoms with Crippen molar-refractivity contribution in [3.05, 3.63) is 36.1 Å². The third-order valence-corrected chi connectivity index (χ3v) is 1.91. The van der Waals surface area contributed by atoms with Crippen LogP contribution in [0.15, 0.2) is 41.1 Å². The molecule has 1 aliphatic rings. The summed E-state index contributed by atoms with van der Waals surface area (Å²) in [4.78, 5) is 14.4. The molecule has 0 radical (unpaired) electrons. The van der Waals surface area contributed by atoms with Crippen LogP contribution in [0.4, 0.5) is 5.69 Å². The molecule has 0 spiro atoms. The fourth-order valence-corrected chi connectivity index (χ4v) is 1.21. The second-order valence-corrected chi connectivity index (χ2v) is 3.14. The molecule has 0 saturated heterocycles. The van der Waals surface area contributed by atoms with E-state index in [0.29, 0.717) is 17.2 Å². The van der Waals surface area contributed by atoms with E-state index in [1.54, 1.807) is 30.3 Å². The molecule has 0 aromatic heterocycles. The van der Waals surface area contributed by atoms with Crippen LogP contribution in [0.5, 0.6) is 5.75 Å². The first-order chi connectivity index (χ1) is 7.24. The Morgan fingerprint density at radius 1 is 1.40 bits per heavy atom. The summed E-state index contributed by atoms with van der Waals surface area (Å²) in [6.45, 7) is 0. The Labute approximate surface area is 87.1 Å². The van der Waals surface area contributed by atoms with Crippen LogP contribution in [0.3, 0.4) is 0 Å². The standard InChI is InChI=1S/C11H10N2O2/c12-8-2-1-3-9(6-8)15-10-4-5-11(14)13-7-10/h1-4,6-7H,5,12H2. The van der Waals surface area contributed by atoms with Crippen LogP contribution in [-0.4, -0.2) is 12.1 Å². The molecule has 0 fully saturated rings. The van der Waals surface area contributed by atoms with Gasteiger partial charge >= 0.3 is 0 Å². The van der Waals surface area contributed by atoms with E-state index in [9.17, 15) is 4.79 Å². The molecule has 1 amide bonds. The van der Waals surface area contributed by atoms with Gasteiger partial charge in [-0.1, -0.05) is 6.07 Å². The van der Waals surface area contributed by atoms with Gasteiger partial charge in [-0.15, -0.1) is 0 Å². The molecule has 1 aromatic rings. The van der Waals surface area contributed by atoms with Crippen LogP contribution in [0.25, 0.3) is 0 Å². The minimum absolute atomic E-state index is 0.157. The second kappa shape index (κ2) is 3.96. The van der Waals surface area contributed by atoms with Gasteiger partial charge in [-0.05, 0) is 18.2 Å². The second-order valence-electron chi connectivity index (χ2n) is 3.14. The monoisotopic (exact) mass is 202 g/mol. The Bertz CT molecular complexity index is 450. The molecule has 15 heavy (non-hydrogen) atoms. The maximum absolute atomic E-state index is 10.8. The molecule has 76 valence electrons. The summed E-state index contributed by atoms with van der Waals surface area (Å²) < 4.78 is 5.46. The van der Waals surface area contributed by atoms with E-state index in [0.717, 1.165) is 0 Å². The quantitative estimate of drug-likeness (QED) is 0.739. The number of hydrogen-bond donors (Lipinski definition) is 1. The lowest BCUT2D eigenvalue weighted by Crippen LogP contribution is -2.05. The fourth-order valence-electron chi connectivity index (χ4n) is 1.21. The van der Waals surface area contributed by atoms with Gasteiger partial charge in [0, 0.05) is 11.8 Å². The molecule has 4 heteroatoms. The molecule has 1 heterocycles. The predicted molar refractivity (Wildman–Crippen MR) is 57.7 cm³/mol. The number of rotatable bonds is 2. The van der Waals surface area contributed by atoms with Crippen molar-refractivity contribution in [1.82, 2.24) is 0 Å². The average molecular weight is 202 g/mol. The number of ether oxygens (including phenoxy) is 1. The van der Waals surface area contributed by atoms with E-state index in [2.05, 4.69) is 4.99 Å². The zero-order chi connectivity index (χ0) is 10.7. The third-order valence-electron chi connectivity index (χ3n) is 1.91. The van der Waals surface area contributed by atoms with Crippen molar-refractivity contribution in [2.75, 3.05) is 5.73 Å². The number of nitrogens with two attached hydrogens (primary N) is 1. The Morgan fingerprint density at radius 2 is 2.27 bits per heavy atom. The van der Waals surface area contributed by atoms with Gasteiger partial charge in [0.05, 0.1) is 12.6 Å². The Morgan fingerprint density at radius 3 is 2.93 bits per heavy atom. The molecule has 1 aliphatic heterocycles. The number of benzene rings is 1. The highest BCUT2D eigenvalue weighted by atomic mass is 16.5. The van der Waals surface area contributed by atoms with Crippen molar-refractivity contribution in [2.24, 2.45) is 4.99 Å². The predicted octanol–water partition coefficient (Wildman–Crippen LogP) is 1.53. The van der Waals surface area contributed by atoms with Crippen molar-refractivity contribution in [3.63, 3.8) is 0 Å². The van der Waals surface area contributed by atoms with E-state index >= 15 is 0 Å². The minimum Gasteiger partial charge on any atom is -0.456 e. The Kier molecular flexibility index (Phi) is 2.49. The lowest BCUT2D eigenvalue weighted by atomic mass is 10.3. The Hall–Kier alpha value is -2.10. The van der Waals surface area contributed by atoms with Crippen molar-refractivity contribution >= 4 is 17.8 Å². The SMILES string of the molecule is Nc1cccc(OC2=CCC(=O)N=C2)c1. The highest BCUT2D eigenvalue weighted by Gasteiger charge is 2.06. The van der Waals surface area contributed by atoms with Gasteiger partial charge in [-0.3, -0.25) is 4.79 Å². The molecule has 0 aliphatic carbocycles. The largest absolute Gasteiger partial charge is 0.456 e. The van der Waals surface area contributed by atoms with Crippen LogP contribution in [0, 0.1) is 0 Å². The fraction of sp³-hybridized carbons (Fsp3) is 0.0909. The van der Waals surface area contributed by atoms with Gasteiger partial charge in [-0.2, -0.15) is 0 Å². The number of nitrogens with zero attached hydrogens (tertiary/aromatic N) is 1. The smallest absolute Gasteiger partial charge is 0.249 e. The van der Waals surface area contributed by atoms with Gasteiger partial charge in [0.15, 0.2) is 0 Å². The highest BCUT2D eigenvalue weighted by molar-refractivity contribution is 5.94. The first kappa shape index (κ1) is 9.45. The highest BCUT2D eigenvalue weighted by Crippen LogP contribution is 2.17. The molecular weight excluding hydrogens is 192 g/mol. The first-order valence-electron chi connectivity index (χ1n) is 4.54. The molecule has 0 bridgehead atoms. The summed E-state index contributed by atoms with van der Waals surface area (Å²) in [5, 5.41) is 0. The van der Waals surface area contributed by atoms with E-state index in [1.165, 1.54) is 6.21 Å². The van der Waals surface area contributed by atoms with E-state index in [-0.39, 0.29) is 12.3 Å². The van der Waals surface area contributed by atoms with E-state index in [1.807, 2.05) is 0 Å². The number of aliphatic imine (C=N–C) groups is 1. The molecule has 0 unspecified atom stereocenters. The van der Waals surface area contributed by atoms with Crippen LogP contribution >= 0.6 is 0 Å². The van der Waals surface area contributed by atoms with E-state index in [4.69, 9.17) is 10.5 Å². The number of carbonyl (C=O) groups is 1. The minimum atomic E-state index is -0.157. The molecule has 0 atom stereocenters. The number of allylic oxidation sites excluding steroid dienone is 1. The number of dihydropyridines is 1. The lowest BCUT2D eigenvalue weighted by Gasteiger charge is -2.08. The number of amides is 1. The average Bonchev–Trinajstić information content (AvgIpc) is 2.22. The van der Waals surface area contributed by atoms with Crippen LogP contribution in [0.1, 0.15) is 6.42 Å². The summed E-state index contributed by atoms with van der Waals surface area (Å²) in [6.07, 6.45) is 3.39. The number of nitrogen functional groups attached to an aromatic ring is 1. The number of anilines is 1. The molecule has 0 saturated carbocycles. The molecule has 4 nitrogen and oxygen atoms in total. The lowest BCUT2D eigenvalue weighted by molar-refractivity contribution is -0.117. The summed E-state index contributed by atoms with van der Waals surface area (Å²) >= 11 is 0. The third kappa shape index (κ3) is 2.43.